The maximum absolute atomic E-state index is 14.2. The predicted molar refractivity (Wildman–Crippen MR) is 154 cm³/mol. The van der Waals surface area contributed by atoms with Gasteiger partial charge in [0.05, 0.1) is 30.0 Å². The minimum Gasteiger partial charge on any atom is -0.493 e. The van der Waals surface area contributed by atoms with Crippen LogP contribution in [0.3, 0.4) is 0 Å². The summed E-state index contributed by atoms with van der Waals surface area (Å²) in [5.74, 6) is 1.68. The van der Waals surface area contributed by atoms with Gasteiger partial charge in [0.25, 0.3) is 0 Å². The lowest BCUT2D eigenvalue weighted by Crippen LogP contribution is -2.58. The molecule has 2 saturated heterocycles. The summed E-state index contributed by atoms with van der Waals surface area (Å²) < 4.78 is 11.2. The molecule has 9 heteroatoms. The summed E-state index contributed by atoms with van der Waals surface area (Å²) in [5, 5.41) is 10.3. The third kappa shape index (κ3) is 4.24. The molecule has 1 N–H and O–H groups in total. The number of nitrogens with zero attached hydrogens (tertiary/aromatic N) is 3. The van der Waals surface area contributed by atoms with Crippen molar-refractivity contribution in [3.05, 3.63) is 87.4 Å². The highest BCUT2D eigenvalue weighted by atomic mass is 35.5. The van der Waals surface area contributed by atoms with Crippen molar-refractivity contribution in [2.75, 3.05) is 32.2 Å². The summed E-state index contributed by atoms with van der Waals surface area (Å²) in [6.45, 7) is 2.10. The van der Waals surface area contributed by atoms with Crippen LogP contribution in [0.4, 0.5) is 10.5 Å². The molecule has 6 rings (SSSR count). The number of methoxy groups -OCH3 is 2. The van der Waals surface area contributed by atoms with E-state index in [9.17, 15) is 10.2 Å². The van der Waals surface area contributed by atoms with E-state index in [2.05, 4.69) is 17.0 Å². The van der Waals surface area contributed by atoms with Crippen molar-refractivity contribution in [3.63, 3.8) is 0 Å². The number of carbonyl (C=O) groups is 1. The first-order valence-electron chi connectivity index (χ1n) is 13.0. The molecular weight excluding hydrogens is 535 g/mol. The van der Waals surface area contributed by atoms with Crippen LogP contribution in [0.25, 0.3) is 0 Å². The van der Waals surface area contributed by atoms with E-state index >= 15 is 0 Å². The van der Waals surface area contributed by atoms with Crippen molar-refractivity contribution in [2.24, 2.45) is 0 Å². The van der Waals surface area contributed by atoms with Crippen LogP contribution in [-0.2, 0) is 13.0 Å². The molecule has 0 aromatic heterocycles. The minimum atomic E-state index is -0.790. The molecule has 0 saturated carbocycles. The van der Waals surface area contributed by atoms with Crippen molar-refractivity contribution in [2.45, 2.75) is 37.4 Å². The number of benzene rings is 3. The number of amides is 2. The monoisotopic (exact) mass is 564 g/mol. The molecule has 7 nitrogen and oxygen atoms in total. The summed E-state index contributed by atoms with van der Waals surface area (Å²) in [6, 6.07) is 19.0. The van der Waals surface area contributed by atoms with Gasteiger partial charge in [0.15, 0.2) is 11.5 Å². The number of halogens is 2. The Hall–Kier alpha value is -3.26. The van der Waals surface area contributed by atoms with Crippen LogP contribution in [0.2, 0.25) is 10.0 Å². The number of carbonyl (C=O) groups excluding carboxylic acids is 1. The molecule has 2 fully saturated rings. The molecule has 3 aromatic carbocycles. The molecule has 0 aliphatic carbocycles. The molecule has 0 bridgehead atoms. The average molecular weight is 566 g/mol. The highest BCUT2D eigenvalue weighted by Gasteiger charge is 2.58. The van der Waals surface area contributed by atoms with E-state index in [0.717, 1.165) is 30.8 Å². The van der Waals surface area contributed by atoms with Crippen LogP contribution in [-0.4, -0.2) is 54.5 Å². The number of rotatable bonds is 5. The summed E-state index contributed by atoms with van der Waals surface area (Å²) >= 11 is 12.5. The number of piperidine rings is 1. The molecule has 2 amide bonds. The van der Waals surface area contributed by atoms with Gasteiger partial charge in [0.2, 0.25) is 0 Å². The standard InChI is InChI=1S/C30H30Cl2N4O3/c1-38-26-14-20-10-12-34-13-11-30(17-25(34)22(20)16-27(26)39-2)28(33)36(21-8-9-23(31)24(32)15-21)29(37)35(30)18-19-6-4-3-5-7-19/h3-9,14-16,25,33H,10-13,17-18H2,1-2H3/t25-,30+/m0/s1. The summed E-state index contributed by atoms with van der Waals surface area (Å²) in [7, 11) is 3.30. The SMILES string of the molecule is COc1cc2c(cc1OC)[C@@H]1C[C@]3(CCN1CC2)C(=N)N(c1ccc(Cl)c(Cl)c1)C(=O)N3Cc1ccccc1. The number of fused-ring (bicyclic) bond motifs is 3. The maximum atomic E-state index is 14.2. The summed E-state index contributed by atoms with van der Waals surface area (Å²) in [5.41, 5.74) is 3.17. The molecular formula is C30H30Cl2N4O3. The van der Waals surface area contributed by atoms with E-state index < -0.39 is 5.54 Å². The Morgan fingerprint density at radius 1 is 0.974 bits per heavy atom. The van der Waals surface area contributed by atoms with Gasteiger partial charge in [0, 0.05) is 25.7 Å². The van der Waals surface area contributed by atoms with E-state index in [1.54, 1.807) is 32.4 Å². The second-order valence-electron chi connectivity index (χ2n) is 10.3. The number of amidine groups is 1. The summed E-state index contributed by atoms with van der Waals surface area (Å²) in [6.07, 6.45) is 2.19. The molecule has 0 unspecified atom stereocenters. The van der Waals surface area contributed by atoms with Crippen LogP contribution < -0.4 is 14.4 Å². The zero-order valence-corrected chi connectivity index (χ0v) is 23.4. The van der Waals surface area contributed by atoms with Gasteiger partial charge in [-0.1, -0.05) is 53.5 Å². The Kier molecular flexibility index (Phi) is 6.69. The van der Waals surface area contributed by atoms with Gasteiger partial charge < -0.3 is 14.4 Å². The van der Waals surface area contributed by atoms with Gasteiger partial charge in [-0.15, -0.1) is 0 Å². The second-order valence-corrected chi connectivity index (χ2v) is 11.1. The number of nitrogens with one attached hydrogen (secondary N) is 1. The van der Waals surface area contributed by atoms with Crippen LogP contribution in [0.1, 0.15) is 35.6 Å². The van der Waals surface area contributed by atoms with Crippen LogP contribution in [0, 0.1) is 5.41 Å². The van der Waals surface area contributed by atoms with Crippen molar-refractivity contribution in [1.29, 1.82) is 5.41 Å². The lowest BCUT2D eigenvalue weighted by molar-refractivity contribution is 0.0508. The number of ether oxygens (including phenoxy) is 2. The molecule has 39 heavy (non-hydrogen) atoms. The number of urea groups is 1. The van der Waals surface area contributed by atoms with E-state index in [1.807, 2.05) is 35.2 Å². The molecule has 202 valence electrons. The van der Waals surface area contributed by atoms with Gasteiger partial charge in [-0.05, 0) is 66.3 Å². The van der Waals surface area contributed by atoms with Gasteiger partial charge in [-0.25, -0.2) is 9.69 Å². The Labute approximate surface area is 238 Å². The molecule has 2 atom stereocenters. The fourth-order valence-corrected chi connectivity index (χ4v) is 6.67. The quantitative estimate of drug-likeness (QED) is 0.381. The Morgan fingerprint density at radius 3 is 2.44 bits per heavy atom. The zero-order valence-electron chi connectivity index (χ0n) is 21.9. The highest BCUT2D eigenvalue weighted by Crippen LogP contribution is 2.50. The first-order valence-corrected chi connectivity index (χ1v) is 13.8. The van der Waals surface area contributed by atoms with Crippen molar-refractivity contribution < 1.29 is 14.3 Å². The molecule has 3 aliphatic rings. The average Bonchev–Trinajstić information content (AvgIpc) is 3.15. The summed E-state index contributed by atoms with van der Waals surface area (Å²) in [4.78, 5) is 20.0. The minimum absolute atomic E-state index is 0.0301. The van der Waals surface area contributed by atoms with E-state index in [-0.39, 0.29) is 17.9 Å². The molecule has 3 aliphatic heterocycles. The lowest BCUT2D eigenvalue weighted by atomic mass is 9.76. The fraction of sp³-hybridized carbons (Fsp3) is 0.333. The Balaban J connectivity index is 1.44. The van der Waals surface area contributed by atoms with Crippen LogP contribution in [0.5, 0.6) is 11.5 Å². The Morgan fingerprint density at radius 2 is 1.72 bits per heavy atom. The number of anilines is 1. The van der Waals surface area contributed by atoms with Crippen molar-refractivity contribution in [3.8, 4) is 11.5 Å². The number of hydrogen-bond donors (Lipinski definition) is 1. The second kappa shape index (κ2) is 10.0. The van der Waals surface area contributed by atoms with Gasteiger partial charge >= 0.3 is 6.03 Å². The topological polar surface area (TPSA) is 69.1 Å². The van der Waals surface area contributed by atoms with E-state index in [1.165, 1.54) is 16.0 Å². The first-order chi connectivity index (χ1) is 18.9. The Bertz CT molecular complexity index is 1450. The predicted octanol–water partition coefficient (Wildman–Crippen LogP) is 6.56. The van der Waals surface area contributed by atoms with Crippen LogP contribution in [0.15, 0.2) is 60.7 Å². The van der Waals surface area contributed by atoms with Crippen LogP contribution >= 0.6 is 23.2 Å². The first kappa shape index (κ1) is 26.0. The van der Waals surface area contributed by atoms with Crippen molar-refractivity contribution >= 4 is 40.8 Å². The van der Waals surface area contributed by atoms with Gasteiger partial charge in [0.1, 0.15) is 11.4 Å². The maximum Gasteiger partial charge on any atom is 0.331 e. The van der Waals surface area contributed by atoms with Gasteiger partial charge in [-0.2, -0.15) is 0 Å². The normalized spacial score (nSPS) is 22.7. The van der Waals surface area contributed by atoms with E-state index in [0.29, 0.717) is 40.9 Å². The zero-order chi connectivity index (χ0) is 27.3. The lowest BCUT2D eigenvalue weighted by Gasteiger charge is -2.50. The fourth-order valence-electron chi connectivity index (χ4n) is 6.38. The number of hydrogen-bond acceptors (Lipinski definition) is 5. The van der Waals surface area contributed by atoms with Crippen molar-refractivity contribution in [1.82, 2.24) is 9.80 Å². The molecule has 3 heterocycles. The molecule has 0 radical (unpaired) electrons. The van der Waals surface area contributed by atoms with Gasteiger partial charge in [-0.3, -0.25) is 10.3 Å². The molecule has 3 aromatic rings. The van der Waals surface area contributed by atoms with E-state index in [4.69, 9.17) is 32.7 Å². The highest BCUT2D eigenvalue weighted by molar-refractivity contribution is 6.42. The third-order valence-corrected chi connectivity index (χ3v) is 9.14. The molecule has 1 spiro atoms. The smallest absolute Gasteiger partial charge is 0.331 e. The third-order valence-electron chi connectivity index (χ3n) is 8.41. The largest absolute Gasteiger partial charge is 0.493 e.